The number of amides is 1. The molecule has 0 aliphatic carbocycles. The number of morpholine rings is 1. The predicted octanol–water partition coefficient (Wildman–Crippen LogP) is 0.0628. The number of pyridine rings is 1. The molecule has 2 aliphatic rings. The Morgan fingerprint density at radius 3 is 2.80 bits per heavy atom. The lowest BCUT2D eigenvalue weighted by atomic mass is 9.89. The topological polar surface area (TPSA) is 125 Å². The van der Waals surface area contributed by atoms with Crippen LogP contribution in [-0.4, -0.2) is 66.7 Å². The second-order valence-electron chi connectivity index (χ2n) is 7.51. The van der Waals surface area contributed by atoms with Gasteiger partial charge in [0.2, 0.25) is 18.0 Å². The van der Waals surface area contributed by atoms with E-state index in [9.17, 15) is 19.2 Å². The summed E-state index contributed by atoms with van der Waals surface area (Å²) >= 11 is 0. The summed E-state index contributed by atoms with van der Waals surface area (Å²) in [7, 11) is 0. The summed E-state index contributed by atoms with van der Waals surface area (Å²) in [5.74, 6) is -1.83. The molecular weight excluding hydrogens is 398 g/mol. The van der Waals surface area contributed by atoms with Crippen molar-refractivity contribution in [3.8, 4) is 5.75 Å². The summed E-state index contributed by atoms with van der Waals surface area (Å²) in [6, 6.07) is 1.24. The van der Waals surface area contributed by atoms with E-state index < -0.39 is 29.6 Å². The lowest BCUT2D eigenvalue weighted by molar-refractivity contribution is -0.163. The van der Waals surface area contributed by atoms with Crippen LogP contribution in [0.3, 0.4) is 0 Å². The van der Waals surface area contributed by atoms with Gasteiger partial charge in [0.15, 0.2) is 5.69 Å². The van der Waals surface area contributed by atoms with Crippen LogP contribution in [0.1, 0.15) is 37.7 Å². The summed E-state index contributed by atoms with van der Waals surface area (Å²) in [4.78, 5) is 50.7. The third-order valence-corrected chi connectivity index (χ3v) is 4.77. The van der Waals surface area contributed by atoms with E-state index in [0.717, 1.165) is 0 Å². The van der Waals surface area contributed by atoms with Gasteiger partial charge >= 0.3 is 11.9 Å². The van der Waals surface area contributed by atoms with E-state index in [1.165, 1.54) is 16.9 Å². The molecule has 0 aromatic carbocycles. The first-order valence-electron chi connectivity index (χ1n) is 9.61. The Bertz CT molecular complexity index is 894. The van der Waals surface area contributed by atoms with Crippen molar-refractivity contribution in [1.82, 2.24) is 9.58 Å². The van der Waals surface area contributed by atoms with Gasteiger partial charge in [-0.15, -0.1) is 0 Å². The van der Waals surface area contributed by atoms with E-state index in [1.807, 2.05) is 0 Å². The Kier molecular flexibility index (Phi) is 6.30. The number of rotatable bonds is 7. The van der Waals surface area contributed by atoms with Crippen molar-refractivity contribution in [2.75, 3.05) is 38.6 Å². The van der Waals surface area contributed by atoms with Gasteiger partial charge < -0.3 is 29.3 Å². The molecule has 1 saturated heterocycles. The van der Waals surface area contributed by atoms with Crippen LogP contribution in [0.25, 0.3) is 0 Å². The van der Waals surface area contributed by atoms with Crippen LogP contribution in [0, 0.1) is 5.41 Å². The molecular formula is C19H25N3O8. The molecule has 1 aromatic heterocycles. The zero-order chi connectivity index (χ0) is 21.9. The zero-order valence-corrected chi connectivity index (χ0v) is 17.1. The van der Waals surface area contributed by atoms with E-state index in [1.54, 1.807) is 25.7 Å². The Labute approximate surface area is 172 Å². The quantitative estimate of drug-likeness (QED) is 0.479. The minimum atomic E-state index is -1.07. The third kappa shape index (κ3) is 4.40. The lowest BCUT2D eigenvalue weighted by Crippen LogP contribution is -2.59. The number of aromatic nitrogens is 1. The minimum absolute atomic E-state index is 0.0172. The number of carbonyl (C=O) groups excluding carboxylic acids is 3. The molecule has 0 spiro atoms. The largest absolute Gasteiger partial charge is 0.466 e. The van der Waals surface area contributed by atoms with Gasteiger partial charge in [-0.1, -0.05) is 0 Å². The number of fused-ring (bicyclic) bond motifs is 2. The van der Waals surface area contributed by atoms with E-state index >= 15 is 0 Å². The minimum Gasteiger partial charge on any atom is -0.466 e. The van der Waals surface area contributed by atoms with Crippen LogP contribution in [0.4, 0.5) is 0 Å². The van der Waals surface area contributed by atoms with Crippen molar-refractivity contribution >= 4 is 17.8 Å². The van der Waals surface area contributed by atoms with Crippen LogP contribution in [-0.2, 0) is 23.8 Å². The predicted molar refractivity (Wildman–Crippen MR) is 102 cm³/mol. The average Bonchev–Trinajstić information content (AvgIpc) is 2.70. The van der Waals surface area contributed by atoms with Gasteiger partial charge in [0.05, 0.1) is 31.7 Å². The van der Waals surface area contributed by atoms with Crippen LogP contribution in [0.2, 0.25) is 0 Å². The number of ether oxygens (including phenoxy) is 4. The van der Waals surface area contributed by atoms with E-state index in [2.05, 4.69) is 5.43 Å². The first-order chi connectivity index (χ1) is 14.2. The van der Waals surface area contributed by atoms with Crippen molar-refractivity contribution in [1.29, 1.82) is 0 Å². The van der Waals surface area contributed by atoms with Crippen molar-refractivity contribution in [3.63, 3.8) is 0 Å². The number of hydrogen-bond acceptors (Lipinski definition) is 9. The fraction of sp³-hybridized carbons (Fsp3) is 0.579. The highest BCUT2D eigenvalue weighted by atomic mass is 16.7. The summed E-state index contributed by atoms with van der Waals surface area (Å²) in [5.41, 5.74) is 1.50. The molecule has 3 heterocycles. The van der Waals surface area contributed by atoms with Gasteiger partial charge in [-0.2, -0.15) is 0 Å². The molecule has 1 atom stereocenters. The molecule has 11 nitrogen and oxygen atoms in total. The highest BCUT2D eigenvalue weighted by Crippen LogP contribution is 2.24. The molecule has 1 unspecified atom stereocenters. The smallest absolute Gasteiger partial charge is 0.312 e. The normalized spacial score (nSPS) is 18.0. The fourth-order valence-corrected chi connectivity index (χ4v) is 3.18. The highest BCUT2D eigenvalue weighted by molar-refractivity contribution is 5.96. The van der Waals surface area contributed by atoms with Crippen molar-refractivity contribution in [2.45, 2.75) is 33.4 Å². The summed E-state index contributed by atoms with van der Waals surface area (Å²) < 4.78 is 22.1. The molecule has 1 fully saturated rings. The maximum atomic E-state index is 12.9. The number of carbonyl (C=O) groups is 3. The Balaban J connectivity index is 1.67. The lowest BCUT2D eigenvalue weighted by Gasteiger charge is -2.41. The summed E-state index contributed by atoms with van der Waals surface area (Å²) in [6.07, 6.45) is 0.858. The first-order valence-corrected chi connectivity index (χ1v) is 9.61. The molecule has 3 rings (SSSR count). The van der Waals surface area contributed by atoms with Crippen LogP contribution in [0.15, 0.2) is 17.1 Å². The average molecular weight is 423 g/mol. The van der Waals surface area contributed by atoms with Crippen molar-refractivity contribution < 1.29 is 33.3 Å². The molecule has 1 amide bonds. The second kappa shape index (κ2) is 8.74. The van der Waals surface area contributed by atoms with Gasteiger partial charge in [0.25, 0.3) is 5.91 Å². The standard InChI is InChI=1S/C19H25N3O8/c1-4-28-18(26)19(2,3)9-14(24)29-11-30-16-12(23)5-6-22-15(16)17(25)21-7-8-27-10-13(21)20-22/h5-6,13,20H,4,7-11H2,1-3H3. The van der Waals surface area contributed by atoms with Crippen LogP contribution < -0.4 is 15.6 Å². The Morgan fingerprint density at radius 1 is 1.30 bits per heavy atom. The summed E-state index contributed by atoms with van der Waals surface area (Å²) in [5, 5.41) is 0. The summed E-state index contributed by atoms with van der Waals surface area (Å²) in [6.45, 7) is 5.52. The van der Waals surface area contributed by atoms with Gasteiger partial charge in [0.1, 0.15) is 6.17 Å². The number of nitrogens with zero attached hydrogens (tertiary/aromatic N) is 2. The second-order valence-corrected chi connectivity index (χ2v) is 7.51. The van der Waals surface area contributed by atoms with E-state index in [-0.39, 0.29) is 36.5 Å². The monoisotopic (exact) mass is 423 g/mol. The number of hydrogen-bond donors (Lipinski definition) is 1. The van der Waals surface area contributed by atoms with Gasteiger partial charge in [0, 0.05) is 18.8 Å². The maximum Gasteiger partial charge on any atom is 0.312 e. The van der Waals surface area contributed by atoms with Crippen LogP contribution in [0.5, 0.6) is 5.75 Å². The molecule has 0 radical (unpaired) electrons. The van der Waals surface area contributed by atoms with Crippen molar-refractivity contribution in [2.24, 2.45) is 5.41 Å². The molecule has 0 bridgehead atoms. The van der Waals surface area contributed by atoms with Gasteiger partial charge in [-0.05, 0) is 20.8 Å². The molecule has 11 heteroatoms. The molecule has 1 aromatic rings. The molecule has 1 N–H and O–H groups in total. The number of nitrogens with one attached hydrogen (secondary N) is 1. The van der Waals surface area contributed by atoms with E-state index in [0.29, 0.717) is 19.8 Å². The maximum absolute atomic E-state index is 12.9. The Morgan fingerprint density at radius 2 is 2.07 bits per heavy atom. The molecule has 164 valence electrons. The van der Waals surface area contributed by atoms with Gasteiger partial charge in [-0.3, -0.25) is 23.9 Å². The van der Waals surface area contributed by atoms with Crippen molar-refractivity contribution in [3.05, 3.63) is 28.2 Å². The molecule has 30 heavy (non-hydrogen) atoms. The first kappa shape index (κ1) is 21.6. The highest BCUT2D eigenvalue weighted by Gasteiger charge is 2.37. The number of esters is 2. The Hall–Kier alpha value is -3.08. The molecule has 0 saturated carbocycles. The fourth-order valence-electron chi connectivity index (χ4n) is 3.18. The third-order valence-electron chi connectivity index (χ3n) is 4.77. The van der Waals surface area contributed by atoms with Gasteiger partial charge in [-0.25, -0.2) is 0 Å². The molecule has 2 aliphatic heterocycles. The van der Waals surface area contributed by atoms with E-state index in [4.69, 9.17) is 18.9 Å². The zero-order valence-electron chi connectivity index (χ0n) is 17.1. The SMILES string of the molecule is CCOC(=O)C(C)(C)CC(=O)OCOc1c2n(ccc1=O)NC1COCCN1C2=O. The van der Waals surface area contributed by atoms with Crippen LogP contribution >= 0.6 is 0 Å².